The van der Waals surface area contributed by atoms with Crippen molar-refractivity contribution in [3.05, 3.63) is 69.3 Å². The quantitative estimate of drug-likeness (QED) is 0.599. The summed E-state index contributed by atoms with van der Waals surface area (Å²) in [7, 11) is 0. The SMILES string of the molecule is CCc1cccc(C)c1NC(=O)CSCc1ccc([N+](=O)[O-])cc1. The van der Waals surface area contributed by atoms with E-state index in [-0.39, 0.29) is 11.6 Å². The normalized spacial score (nSPS) is 10.4. The summed E-state index contributed by atoms with van der Waals surface area (Å²) in [6.07, 6.45) is 0.868. The highest BCUT2D eigenvalue weighted by Crippen LogP contribution is 2.22. The molecule has 0 atom stereocenters. The summed E-state index contributed by atoms with van der Waals surface area (Å²) in [5, 5.41) is 13.6. The number of nitro groups is 1. The third-order valence-corrected chi connectivity index (χ3v) is 4.66. The van der Waals surface area contributed by atoms with Crippen LogP contribution in [0.5, 0.6) is 0 Å². The highest BCUT2D eigenvalue weighted by atomic mass is 32.2. The van der Waals surface area contributed by atoms with Gasteiger partial charge in [0.15, 0.2) is 0 Å². The Morgan fingerprint density at radius 1 is 1.21 bits per heavy atom. The molecule has 0 aliphatic carbocycles. The molecule has 0 heterocycles. The van der Waals surface area contributed by atoms with Crippen LogP contribution in [0.25, 0.3) is 0 Å². The average molecular weight is 344 g/mol. The number of nitrogens with zero attached hydrogens (tertiary/aromatic N) is 1. The van der Waals surface area contributed by atoms with Gasteiger partial charge in [-0.2, -0.15) is 0 Å². The summed E-state index contributed by atoms with van der Waals surface area (Å²) in [6.45, 7) is 4.05. The van der Waals surface area contributed by atoms with Crippen molar-refractivity contribution in [1.82, 2.24) is 0 Å². The molecule has 1 N–H and O–H groups in total. The number of carbonyl (C=O) groups excluding carboxylic acids is 1. The van der Waals surface area contributed by atoms with Crippen molar-refractivity contribution >= 4 is 29.0 Å². The number of aryl methyl sites for hydroxylation is 2. The number of hydrogen-bond donors (Lipinski definition) is 1. The van der Waals surface area contributed by atoms with E-state index < -0.39 is 4.92 Å². The van der Waals surface area contributed by atoms with Crippen LogP contribution >= 0.6 is 11.8 Å². The average Bonchev–Trinajstić information content (AvgIpc) is 2.57. The number of non-ortho nitro benzene ring substituents is 1. The van der Waals surface area contributed by atoms with E-state index in [9.17, 15) is 14.9 Å². The highest BCUT2D eigenvalue weighted by Gasteiger charge is 2.09. The third kappa shape index (κ3) is 4.83. The van der Waals surface area contributed by atoms with Gasteiger partial charge in [0.2, 0.25) is 5.91 Å². The minimum Gasteiger partial charge on any atom is -0.325 e. The molecule has 24 heavy (non-hydrogen) atoms. The van der Waals surface area contributed by atoms with Crippen molar-refractivity contribution in [2.75, 3.05) is 11.1 Å². The van der Waals surface area contributed by atoms with Crippen LogP contribution in [0, 0.1) is 17.0 Å². The number of benzene rings is 2. The maximum absolute atomic E-state index is 12.1. The largest absolute Gasteiger partial charge is 0.325 e. The van der Waals surface area contributed by atoms with Crippen molar-refractivity contribution in [3.8, 4) is 0 Å². The van der Waals surface area contributed by atoms with Crippen molar-refractivity contribution in [2.24, 2.45) is 0 Å². The number of anilines is 1. The molecule has 0 saturated carbocycles. The predicted octanol–water partition coefficient (Wildman–Crippen LogP) is 4.34. The summed E-state index contributed by atoms with van der Waals surface area (Å²) >= 11 is 1.49. The fourth-order valence-electron chi connectivity index (χ4n) is 2.35. The molecule has 2 aromatic carbocycles. The van der Waals surface area contributed by atoms with E-state index in [1.54, 1.807) is 12.1 Å². The number of hydrogen-bond acceptors (Lipinski definition) is 4. The first kappa shape index (κ1) is 18.0. The molecule has 0 bridgehead atoms. The maximum atomic E-state index is 12.1. The zero-order chi connectivity index (χ0) is 17.5. The van der Waals surface area contributed by atoms with Crippen LogP contribution in [0.15, 0.2) is 42.5 Å². The van der Waals surface area contributed by atoms with Gasteiger partial charge in [0.1, 0.15) is 0 Å². The summed E-state index contributed by atoms with van der Waals surface area (Å²) < 4.78 is 0. The van der Waals surface area contributed by atoms with E-state index in [0.717, 1.165) is 28.8 Å². The maximum Gasteiger partial charge on any atom is 0.269 e. The number of para-hydroxylation sites is 1. The molecular formula is C18H20N2O3S. The second kappa shape index (κ2) is 8.49. The molecule has 0 aliphatic rings. The van der Waals surface area contributed by atoms with Gasteiger partial charge in [0, 0.05) is 23.6 Å². The Hall–Kier alpha value is -2.34. The summed E-state index contributed by atoms with van der Waals surface area (Å²) in [4.78, 5) is 22.3. The second-order valence-electron chi connectivity index (χ2n) is 5.43. The first-order valence-corrected chi connectivity index (χ1v) is 8.86. The number of carbonyl (C=O) groups is 1. The van der Waals surface area contributed by atoms with Crippen LogP contribution < -0.4 is 5.32 Å². The monoisotopic (exact) mass is 344 g/mol. The number of nitro benzene ring substituents is 1. The number of rotatable bonds is 7. The standard InChI is InChI=1S/C18H20N2O3S/c1-3-15-6-4-5-13(2)18(15)19-17(21)12-24-11-14-7-9-16(10-8-14)20(22)23/h4-10H,3,11-12H2,1-2H3,(H,19,21). The van der Waals surface area contributed by atoms with E-state index in [0.29, 0.717) is 11.5 Å². The Bertz CT molecular complexity index is 730. The van der Waals surface area contributed by atoms with Gasteiger partial charge in [-0.25, -0.2) is 0 Å². The van der Waals surface area contributed by atoms with Crippen molar-refractivity contribution < 1.29 is 9.72 Å². The topological polar surface area (TPSA) is 72.2 Å². The Labute approximate surface area is 145 Å². The molecule has 0 spiro atoms. The minimum atomic E-state index is -0.419. The molecule has 5 nitrogen and oxygen atoms in total. The summed E-state index contributed by atoms with van der Waals surface area (Å²) in [5.41, 5.74) is 4.13. The molecule has 1 amide bonds. The molecular weight excluding hydrogens is 324 g/mol. The number of thioether (sulfide) groups is 1. The van der Waals surface area contributed by atoms with Gasteiger partial charge in [0.25, 0.3) is 5.69 Å². The Balaban J connectivity index is 1.87. The summed E-state index contributed by atoms with van der Waals surface area (Å²) in [6, 6.07) is 12.4. The molecule has 0 fully saturated rings. The molecule has 0 aromatic heterocycles. The van der Waals surface area contributed by atoms with Crippen molar-refractivity contribution in [1.29, 1.82) is 0 Å². The molecule has 6 heteroatoms. The molecule has 0 unspecified atom stereocenters. The van der Waals surface area contributed by atoms with E-state index in [1.807, 2.05) is 25.1 Å². The Morgan fingerprint density at radius 3 is 2.54 bits per heavy atom. The molecule has 2 aromatic rings. The van der Waals surface area contributed by atoms with Crippen LogP contribution in [0.4, 0.5) is 11.4 Å². The molecule has 126 valence electrons. The lowest BCUT2D eigenvalue weighted by Crippen LogP contribution is -2.16. The lowest BCUT2D eigenvalue weighted by molar-refractivity contribution is -0.384. The van der Waals surface area contributed by atoms with E-state index >= 15 is 0 Å². The smallest absolute Gasteiger partial charge is 0.269 e. The molecule has 0 aliphatic heterocycles. The van der Waals surface area contributed by atoms with E-state index in [1.165, 1.54) is 23.9 Å². The summed E-state index contributed by atoms with van der Waals surface area (Å²) in [5.74, 6) is 0.944. The van der Waals surface area contributed by atoms with Crippen LogP contribution in [-0.4, -0.2) is 16.6 Å². The van der Waals surface area contributed by atoms with Gasteiger partial charge in [0.05, 0.1) is 10.7 Å². The zero-order valence-electron chi connectivity index (χ0n) is 13.7. The van der Waals surface area contributed by atoms with Gasteiger partial charge < -0.3 is 5.32 Å². The molecule has 2 rings (SSSR count). The van der Waals surface area contributed by atoms with Crippen LogP contribution in [0.1, 0.15) is 23.6 Å². The lowest BCUT2D eigenvalue weighted by Gasteiger charge is -2.12. The van der Waals surface area contributed by atoms with Crippen LogP contribution in [-0.2, 0) is 17.0 Å². The fourth-order valence-corrected chi connectivity index (χ4v) is 3.14. The van der Waals surface area contributed by atoms with Gasteiger partial charge in [-0.05, 0) is 30.0 Å². The van der Waals surface area contributed by atoms with Gasteiger partial charge in [-0.3, -0.25) is 14.9 Å². The predicted molar refractivity (Wildman–Crippen MR) is 98.4 cm³/mol. The van der Waals surface area contributed by atoms with Gasteiger partial charge >= 0.3 is 0 Å². The highest BCUT2D eigenvalue weighted by molar-refractivity contribution is 7.99. The second-order valence-corrected chi connectivity index (χ2v) is 6.41. The number of nitrogens with one attached hydrogen (secondary N) is 1. The minimum absolute atomic E-state index is 0.0362. The lowest BCUT2D eigenvalue weighted by atomic mass is 10.1. The first-order chi connectivity index (χ1) is 11.5. The van der Waals surface area contributed by atoms with Crippen LogP contribution in [0.3, 0.4) is 0 Å². The van der Waals surface area contributed by atoms with Gasteiger partial charge in [-0.15, -0.1) is 11.8 Å². The number of amides is 1. The van der Waals surface area contributed by atoms with E-state index in [4.69, 9.17) is 0 Å². The zero-order valence-corrected chi connectivity index (χ0v) is 14.6. The molecule has 0 radical (unpaired) electrons. The van der Waals surface area contributed by atoms with Crippen molar-refractivity contribution in [2.45, 2.75) is 26.0 Å². The van der Waals surface area contributed by atoms with Crippen LogP contribution in [0.2, 0.25) is 0 Å². The third-order valence-electron chi connectivity index (χ3n) is 3.65. The van der Waals surface area contributed by atoms with Gasteiger partial charge in [-0.1, -0.05) is 37.3 Å². The van der Waals surface area contributed by atoms with E-state index in [2.05, 4.69) is 12.2 Å². The Kier molecular flexibility index (Phi) is 6.37. The fraction of sp³-hybridized carbons (Fsp3) is 0.278. The Morgan fingerprint density at radius 2 is 1.92 bits per heavy atom. The van der Waals surface area contributed by atoms with Crippen molar-refractivity contribution in [3.63, 3.8) is 0 Å². The first-order valence-electron chi connectivity index (χ1n) is 7.70. The molecule has 0 saturated heterocycles.